The number of aliphatic hydroxyl groups excluding tert-OH is 2. The minimum absolute atomic E-state index is 0.129. The highest BCUT2D eigenvalue weighted by Gasteiger charge is 2.20. The van der Waals surface area contributed by atoms with Crippen LogP contribution in [0.4, 0.5) is 10.5 Å². The molecule has 29 heavy (non-hydrogen) atoms. The van der Waals surface area contributed by atoms with Gasteiger partial charge in [0.1, 0.15) is 0 Å². The number of hydrogen-bond donors (Lipinski definition) is 3. The molecule has 2 amide bonds. The average molecular weight is 416 g/mol. The number of hydrogen-bond acceptors (Lipinski definition) is 4. The molecule has 6 nitrogen and oxygen atoms in total. The summed E-state index contributed by atoms with van der Waals surface area (Å²) >= 11 is 6.38. The molecule has 2 aromatic rings. The second-order valence-electron chi connectivity index (χ2n) is 7.37. The van der Waals surface area contributed by atoms with Crippen LogP contribution in [0.15, 0.2) is 36.5 Å². The molecule has 0 unspecified atom stereocenters. The van der Waals surface area contributed by atoms with Gasteiger partial charge >= 0.3 is 6.03 Å². The Morgan fingerprint density at radius 2 is 2.10 bits per heavy atom. The van der Waals surface area contributed by atoms with Crippen molar-refractivity contribution in [1.82, 2.24) is 9.88 Å². The highest BCUT2D eigenvalue weighted by atomic mass is 35.5. The van der Waals surface area contributed by atoms with Crippen LogP contribution in [0.5, 0.6) is 0 Å². The number of carbonyl (C=O) groups is 1. The highest BCUT2D eigenvalue weighted by molar-refractivity contribution is 6.32. The van der Waals surface area contributed by atoms with Crippen molar-refractivity contribution in [2.24, 2.45) is 0 Å². The summed E-state index contributed by atoms with van der Waals surface area (Å²) in [5, 5.41) is 22.0. The number of aromatic nitrogens is 1. The first-order valence-electron chi connectivity index (χ1n) is 9.63. The summed E-state index contributed by atoms with van der Waals surface area (Å²) in [6.45, 7) is 4.82. The monoisotopic (exact) mass is 415 g/mol. The van der Waals surface area contributed by atoms with Crippen LogP contribution >= 0.6 is 11.6 Å². The van der Waals surface area contributed by atoms with E-state index in [1.807, 2.05) is 38.1 Å². The molecule has 154 valence electrons. The number of halogens is 1. The van der Waals surface area contributed by atoms with Crippen molar-refractivity contribution in [3.05, 3.63) is 63.9 Å². The van der Waals surface area contributed by atoms with E-state index in [0.29, 0.717) is 36.6 Å². The molecule has 0 bridgehead atoms. The van der Waals surface area contributed by atoms with E-state index in [0.717, 1.165) is 22.4 Å². The second-order valence-corrected chi connectivity index (χ2v) is 7.78. The fraction of sp³-hybridized carbons (Fsp3) is 0.364. The number of anilines is 1. The van der Waals surface area contributed by atoms with Gasteiger partial charge in [0.05, 0.1) is 23.4 Å². The summed E-state index contributed by atoms with van der Waals surface area (Å²) in [7, 11) is 0. The van der Waals surface area contributed by atoms with Crippen molar-refractivity contribution in [3.8, 4) is 0 Å². The number of carbonyl (C=O) groups excluding carboxylic acids is 1. The molecule has 0 aliphatic carbocycles. The van der Waals surface area contributed by atoms with Crippen LogP contribution in [0.3, 0.4) is 0 Å². The van der Waals surface area contributed by atoms with E-state index in [1.165, 1.54) is 5.56 Å². The predicted molar refractivity (Wildman–Crippen MR) is 115 cm³/mol. The molecule has 3 N–H and O–H groups in total. The summed E-state index contributed by atoms with van der Waals surface area (Å²) in [5.41, 5.74) is 5.58. The van der Waals surface area contributed by atoms with Gasteiger partial charge in [0.2, 0.25) is 0 Å². The maximum Gasteiger partial charge on any atom is 0.322 e. The number of rotatable bonds is 5. The van der Waals surface area contributed by atoms with Crippen LogP contribution in [-0.2, 0) is 6.42 Å². The Bertz CT molecular complexity index is 930. The van der Waals surface area contributed by atoms with Crippen molar-refractivity contribution in [2.45, 2.75) is 32.8 Å². The zero-order valence-electron chi connectivity index (χ0n) is 16.7. The van der Waals surface area contributed by atoms with Crippen LogP contribution < -0.4 is 5.32 Å². The smallest absolute Gasteiger partial charge is 0.322 e. The van der Waals surface area contributed by atoms with E-state index in [1.54, 1.807) is 17.2 Å². The molecule has 2 heterocycles. The van der Waals surface area contributed by atoms with Gasteiger partial charge in [0, 0.05) is 31.4 Å². The highest BCUT2D eigenvalue weighted by Crippen LogP contribution is 2.28. The first-order chi connectivity index (χ1) is 13.9. The molecule has 3 rings (SSSR count). The summed E-state index contributed by atoms with van der Waals surface area (Å²) < 4.78 is 0. The third-order valence-corrected chi connectivity index (χ3v) is 5.43. The van der Waals surface area contributed by atoms with E-state index in [2.05, 4.69) is 10.3 Å². The number of amides is 2. The number of urea groups is 1. The van der Waals surface area contributed by atoms with Crippen molar-refractivity contribution in [2.75, 3.05) is 25.0 Å². The summed E-state index contributed by atoms with van der Waals surface area (Å²) in [6, 6.07) is 7.51. The first kappa shape index (κ1) is 21.3. The Labute approximate surface area is 175 Å². The van der Waals surface area contributed by atoms with Gasteiger partial charge in [-0.25, -0.2) is 4.79 Å². The normalized spacial score (nSPS) is 15.1. The lowest BCUT2D eigenvalue weighted by atomic mass is 10.0. The van der Waals surface area contributed by atoms with Crippen LogP contribution in [0, 0.1) is 13.8 Å². The van der Waals surface area contributed by atoms with Crippen molar-refractivity contribution >= 4 is 28.9 Å². The van der Waals surface area contributed by atoms with Gasteiger partial charge in [-0.15, -0.1) is 0 Å². The largest absolute Gasteiger partial charge is 0.394 e. The van der Waals surface area contributed by atoms with Crippen LogP contribution in [0.25, 0.3) is 5.57 Å². The molecule has 1 atom stereocenters. The van der Waals surface area contributed by atoms with E-state index in [9.17, 15) is 9.90 Å². The first-order valence-corrected chi connectivity index (χ1v) is 10.0. The van der Waals surface area contributed by atoms with E-state index >= 15 is 0 Å². The number of nitrogens with one attached hydrogen (secondary N) is 1. The summed E-state index contributed by atoms with van der Waals surface area (Å²) in [4.78, 5) is 18.7. The van der Waals surface area contributed by atoms with Gasteiger partial charge < -0.3 is 20.4 Å². The molecule has 7 heteroatoms. The zero-order chi connectivity index (χ0) is 21.0. The molecule has 1 aliphatic rings. The number of aliphatic hydroxyl groups is 2. The van der Waals surface area contributed by atoms with Gasteiger partial charge in [-0.05, 0) is 60.7 Å². The summed E-state index contributed by atoms with van der Waals surface area (Å²) in [5.74, 6) is 0. The second kappa shape index (κ2) is 9.39. The van der Waals surface area contributed by atoms with Gasteiger partial charge in [-0.3, -0.25) is 4.98 Å². The minimum atomic E-state index is -0.822. The number of benzene rings is 1. The van der Waals surface area contributed by atoms with Crippen molar-refractivity contribution < 1.29 is 15.0 Å². The van der Waals surface area contributed by atoms with Crippen LogP contribution in [0.2, 0.25) is 5.02 Å². The van der Waals surface area contributed by atoms with Crippen molar-refractivity contribution in [3.63, 3.8) is 0 Å². The molecule has 0 saturated carbocycles. The lowest BCUT2D eigenvalue weighted by Crippen LogP contribution is -2.38. The zero-order valence-corrected chi connectivity index (χ0v) is 17.4. The van der Waals surface area contributed by atoms with Gasteiger partial charge in [0.25, 0.3) is 0 Å². The Morgan fingerprint density at radius 3 is 2.72 bits per heavy atom. The van der Waals surface area contributed by atoms with Crippen molar-refractivity contribution in [1.29, 1.82) is 0 Å². The molecule has 0 saturated heterocycles. The Balaban J connectivity index is 1.64. The molecule has 1 aromatic carbocycles. The lowest BCUT2D eigenvalue weighted by Gasteiger charge is -2.27. The third-order valence-electron chi connectivity index (χ3n) is 5.14. The molecular weight excluding hydrogens is 390 g/mol. The predicted octanol–water partition coefficient (Wildman–Crippen LogP) is 3.57. The van der Waals surface area contributed by atoms with E-state index in [4.69, 9.17) is 16.7 Å². The maximum atomic E-state index is 12.5. The molecule has 0 radical (unpaired) electrons. The third kappa shape index (κ3) is 5.35. The van der Waals surface area contributed by atoms with Gasteiger partial charge in [0.15, 0.2) is 0 Å². The number of pyridine rings is 1. The topological polar surface area (TPSA) is 85.7 Å². The Morgan fingerprint density at radius 1 is 1.31 bits per heavy atom. The molecule has 0 fully saturated rings. The fourth-order valence-corrected chi connectivity index (χ4v) is 3.56. The Kier molecular flexibility index (Phi) is 6.90. The molecule has 1 aromatic heterocycles. The lowest BCUT2D eigenvalue weighted by molar-refractivity contribution is 0.0954. The quantitative estimate of drug-likeness (QED) is 0.696. The Hall–Kier alpha value is -2.41. The van der Waals surface area contributed by atoms with E-state index < -0.39 is 6.10 Å². The molecule has 0 spiro atoms. The molecule has 1 aliphatic heterocycles. The SMILES string of the molecule is Cc1ccc(NC(=O)N2CC=C(c3ncc(C[C@H](O)CO)cc3Cl)CC2)cc1C. The summed E-state index contributed by atoms with van der Waals surface area (Å²) in [6.07, 6.45) is 3.78. The van der Waals surface area contributed by atoms with Crippen LogP contribution in [-0.4, -0.2) is 51.9 Å². The molecular formula is C22H26ClN3O3. The van der Waals surface area contributed by atoms with Gasteiger partial charge in [-0.1, -0.05) is 23.7 Å². The average Bonchev–Trinajstić information content (AvgIpc) is 2.71. The number of nitrogens with zero attached hydrogens (tertiary/aromatic N) is 2. The van der Waals surface area contributed by atoms with Crippen LogP contribution in [0.1, 0.15) is 28.8 Å². The van der Waals surface area contributed by atoms with E-state index in [-0.39, 0.29) is 12.6 Å². The fourth-order valence-electron chi connectivity index (χ4n) is 3.25. The maximum absolute atomic E-state index is 12.5. The van der Waals surface area contributed by atoms with Gasteiger partial charge in [-0.2, -0.15) is 0 Å². The minimum Gasteiger partial charge on any atom is -0.394 e. The standard InChI is InChI=1S/C22H26ClN3O3/c1-14-3-4-18(9-15(14)2)25-22(29)26-7-5-17(6-8-26)21-20(23)11-16(12-24-21)10-19(28)13-27/h3-5,9,11-12,19,27-28H,6-8,10,13H2,1-2H3,(H,25,29)/t19-/m0/s1. The number of aryl methyl sites for hydroxylation is 2.